The molecule has 0 saturated heterocycles. The zero-order valence-electron chi connectivity index (χ0n) is 12.7. The summed E-state index contributed by atoms with van der Waals surface area (Å²) in [5, 5.41) is 5.45. The van der Waals surface area contributed by atoms with Gasteiger partial charge in [0.1, 0.15) is 5.75 Å². The van der Waals surface area contributed by atoms with Crippen molar-refractivity contribution in [2.45, 2.75) is 6.42 Å². The molecule has 0 aliphatic heterocycles. The molecule has 0 bridgehead atoms. The van der Waals surface area contributed by atoms with E-state index in [2.05, 4.69) is 15.6 Å². The van der Waals surface area contributed by atoms with Crippen LogP contribution in [0.15, 0.2) is 42.7 Å². The summed E-state index contributed by atoms with van der Waals surface area (Å²) in [5.74, 6) is -0.0150. The van der Waals surface area contributed by atoms with Crippen LogP contribution in [0.1, 0.15) is 16.8 Å². The minimum atomic E-state index is -0.289. The van der Waals surface area contributed by atoms with Gasteiger partial charge in [-0.15, -0.1) is 0 Å². The number of benzene rings is 1. The van der Waals surface area contributed by atoms with Crippen molar-refractivity contribution in [3.63, 3.8) is 0 Å². The third-order valence-corrected chi connectivity index (χ3v) is 3.03. The number of hydrogen-bond acceptors (Lipinski definition) is 5. The van der Waals surface area contributed by atoms with Crippen LogP contribution < -0.4 is 21.1 Å². The average molecular weight is 314 g/mol. The van der Waals surface area contributed by atoms with Crippen molar-refractivity contribution in [3.8, 4) is 5.75 Å². The monoisotopic (exact) mass is 314 g/mol. The molecule has 0 aliphatic rings. The Morgan fingerprint density at radius 1 is 1.26 bits per heavy atom. The Hall–Kier alpha value is -2.93. The molecule has 0 aliphatic carbocycles. The highest BCUT2D eigenvalue weighted by molar-refractivity contribution is 6.04. The van der Waals surface area contributed by atoms with Gasteiger partial charge in [-0.25, -0.2) is 0 Å². The first-order chi connectivity index (χ1) is 11.1. The number of rotatable bonds is 6. The Labute approximate surface area is 133 Å². The summed E-state index contributed by atoms with van der Waals surface area (Å²) in [6.45, 7) is 0.256. The molecular weight excluding hydrogens is 296 g/mol. The number of nitrogens with one attached hydrogen (secondary N) is 2. The molecule has 23 heavy (non-hydrogen) atoms. The average Bonchev–Trinajstić information content (AvgIpc) is 2.56. The molecule has 7 nitrogen and oxygen atoms in total. The van der Waals surface area contributed by atoms with E-state index in [1.54, 1.807) is 36.5 Å². The number of anilines is 2. The van der Waals surface area contributed by atoms with E-state index >= 15 is 0 Å². The van der Waals surface area contributed by atoms with Gasteiger partial charge < -0.3 is 21.1 Å². The van der Waals surface area contributed by atoms with Gasteiger partial charge in [0.05, 0.1) is 18.4 Å². The van der Waals surface area contributed by atoms with E-state index in [1.165, 1.54) is 13.3 Å². The van der Waals surface area contributed by atoms with E-state index in [4.69, 9.17) is 10.5 Å². The molecular formula is C16H18N4O3. The number of ether oxygens (including phenoxy) is 1. The third-order valence-electron chi connectivity index (χ3n) is 3.03. The zero-order valence-corrected chi connectivity index (χ0v) is 12.7. The van der Waals surface area contributed by atoms with Gasteiger partial charge in [0.15, 0.2) is 0 Å². The lowest BCUT2D eigenvalue weighted by atomic mass is 10.2. The fraction of sp³-hybridized carbons (Fsp3) is 0.188. The van der Waals surface area contributed by atoms with Crippen LogP contribution in [-0.2, 0) is 4.79 Å². The Balaban J connectivity index is 2.16. The van der Waals surface area contributed by atoms with E-state index in [-0.39, 0.29) is 24.8 Å². The predicted molar refractivity (Wildman–Crippen MR) is 87.5 cm³/mol. The lowest BCUT2D eigenvalue weighted by Crippen LogP contribution is -2.17. The first kappa shape index (κ1) is 16.4. The lowest BCUT2D eigenvalue weighted by molar-refractivity contribution is -0.116. The zero-order chi connectivity index (χ0) is 16.7. The van der Waals surface area contributed by atoms with Crippen LogP contribution in [0.5, 0.6) is 5.75 Å². The molecule has 2 rings (SSSR count). The van der Waals surface area contributed by atoms with E-state index in [9.17, 15) is 9.59 Å². The van der Waals surface area contributed by atoms with Gasteiger partial charge in [0, 0.05) is 31.0 Å². The number of methoxy groups -OCH3 is 1. The Kier molecular flexibility index (Phi) is 5.65. The second-order valence-electron chi connectivity index (χ2n) is 4.70. The fourth-order valence-electron chi connectivity index (χ4n) is 1.93. The summed E-state index contributed by atoms with van der Waals surface area (Å²) < 4.78 is 5.20. The summed E-state index contributed by atoms with van der Waals surface area (Å²) >= 11 is 0. The van der Waals surface area contributed by atoms with Gasteiger partial charge in [-0.05, 0) is 30.3 Å². The highest BCUT2D eigenvalue weighted by atomic mass is 16.5. The maximum atomic E-state index is 12.1. The van der Waals surface area contributed by atoms with Crippen molar-refractivity contribution in [2.24, 2.45) is 5.73 Å². The molecule has 2 aromatic rings. The van der Waals surface area contributed by atoms with Crippen LogP contribution in [0.2, 0.25) is 0 Å². The van der Waals surface area contributed by atoms with Crippen LogP contribution >= 0.6 is 0 Å². The molecule has 120 valence electrons. The maximum absolute atomic E-state index is 12.1. The van der Waals surface area contributed by atoms with Crippen molar-refractivity contribution in [1.29, 1.82) is 0 Å². The molecule has 0 radical (unpaired) electrons. The molecule has 0 saturated carbocycles. The number of amides is 2. The highest BCUT2D eigenvalue weighted by Crippen LogP contribution is 2.28. The predicted octanol–water partition coefficient (Wildman–Crippen LogP) is 1.63. The molecule has 4 N–H and O–H groups in total. The quantitative estimate of drug-likeness (QED) is 0.751. The van der Waals surface area contributed by atoms with Gasteiger partial charge in [0.25, 0.3) is 5.91 Å². The molecule has 0 fully saturated rings. The van der Waals surface area contributed by atoms with Gasteiger partial charge in [0.2, 0.25) is 5.91 Å². The van der Waals surface area contributed by atoms with Crippen molar-refractivity contribution in [1.82, 2.24) is 4.98 Å². The van der Waals surface area contributed by atoms with Gasteiger partial charge >= 0.3 is 0 Å². The van der Waals surface area contributed by atoms with E-state index in [0.717, 1.165) is 0 Å². The van der Waals surface area contributed by atoms with Crippen molar-refractivity contribution >= 4 is 23.2 Å². The molecule has 7 heteroatoms. The number of carbonyl (C=O) groups excluding carboxylic acids is 2. The Morgan fingerprint density at radius 3 is 2.74 bits per heavy atom. The van der Waals surface area contributed by atoms with E-state index in [1.807, 2.05) is 0 Å². The van der Waals surface area contributed by atoms with Crippen LogP contribution in [-0.4, -0.2) is 30.5 Å². The molecule has 1 aromatic carbocycles. The van der Waals surface area contributed by atoms with Gasteiger partial charge in [-0.1, -0.05) is 0 Å². The van der Waals surface area contributed by atoms with E-state index in [0.29, 0.717) is 22.7 Å². The number of carbonyl (C=O) groups is 2. The number of nitrogens with two attached hydrogens (primary N) is 1. The standard InChI is InChI=1S/C16H18N4O3/c1-23-14-5-4-12(9-13(14)20-15(21)6-7-17)19-16(22)11-3-2-8-18-10-11/h2-5,8-10H,6-7,17H2,1H3,(H,19,22)(H,20,21). The van der Waals surface area contributed by atoms with E-state index < -0.39 is 0 Å². The summed E-state index contributed by atoms with van der Waals surface area (Å²) in [6.07, 6.45) is 3.27. The van der Waals surface area contributed by atoms with Crippen LogP contribution in [0.25, 0.3) is 0 Å². The molecule has 1 heterocycles. The van der Waals surface area contributed by atoms with Crippen LogP contribution in [0, 0.1) is 0 Å². The van der Waals surface area contributed by atoms with Crippen LogP contribution in [0.3, 0.4) is 0 Å². The second kappa shape index (κ2) is 7.90. The van der Waals surface area contributed by atoms with Crippen molar-refractivity contribution in [2.75, 3.05) is 24.3 Å². The molecule has 2 amide bonds. The summed E-state index contributed by atoms with van der Waals surface area (Å²) in [7, 11) is 1.50. The lowest BCUT2D eigenvalue weighted by Gasteiger charge is -2.12. The summed E-state index contributed by atoms with van der Waals surface area (Å²) in [4.78, 5) is 27.7. The first-order valence-corrected chi connectivity index (χ1v) is 7.03. The van der Waals surface area contributed by atoms with Crippen molar-refractivity contribution < 1.29 is 14.3 Å². The summed E-state index contributed by atoms with van der Waals surface area (Å²) in [6, 6.07) is 8.32. The number of pyridine rings is 1. The SMILES string of the molecule is COc1ccc(NC(=O)c2cccnc2)cc1NC(=O)CCN. The second-order valence-corrected chi connectivity index (χ2v) is 4.70. The van der Waals surface area contributed by atoms with Gasteiger partial charge in [-0.3, -0.25) is 14.6 Å². The molecule has 0 unspecified atom stereocenters. The summed E-state index contributed by atoms with van der Waals surface area (Å²) in [5.41, 5.74) is 6.80. The highest BCUT2D eigenvalue weighted by Gasteiger charge is 2.11. The third kappa shape index (κ3) is 4.52. The Bertz CT molecular complexity index is 689. The fourth-order valence-corrected chi connectivity index (χ4v) is 1.93. The normalized spacial score (nSPS) is 10.0. The number of aromatic nitrogens is 1. The minimum Gasteiger partial charge on any atom is -0.495 e. The Morgan fingerprint density at radius 2 is 2.09 bits per heavy atom. The van der Waals surface area contributed by atoms with Gasteiger partial charge in [-0.2, -0.15) is 0 Å². The first-order valence-electron chi connectivity index (χ1n) is 7.03. The largest absolute Gasteiger partial charge is 0.495 e. The number of nitrogens with zero attached hydrogens (tertiary/aromatic N) is 1. The van der Waals surface area contributed by atoms with Crippen molar-refractivity contribution in [3.05, 3.63) is 48.3 Å². The molecule has 0 spiro atoms. The molecule has 1 aromatic heterocycles. The smallest absolute Gasteiger partial charge is 0.257 e. The number of hydrogen-bond donors (Lipinski definition) is 3. The topological polar surface area (TPSA) is 106 Å². The van der Waals surface area contributed by atoms with Crippen LogP contribution in [0.4, 0.5) is 11.4 Å². The minimum absolute atomic E-state index is 0.204. The molecule has 0 atom stereocenters. The maximum Gasteiger partial charge on any atom is 0.257 e.